The molecule has 1 aromatic heterocycles. The minimum atomic E-state index is -1.07. The lowest BCUT2D eigenvalue weighted by atomic mass is 10.00. The van der Waals surface area contributed by atoms with Crippen molar-refractivity contribution in [3.05, 3.63) is 47.2 Å². The van der Waals surface area contributed by atoms with E-state index >= 15 is 0 Å². The number of hydrogen-bond donors (Lipinski definition) is 2. The van der Waals surface area contributed by atoms with Crippen molar-refractivity contribution in [2.24, 2.45) is 0 Å². The highest BCUT2D eigenvalue weighted by Gasteiger charge is 2.26. The molecule has 1 aliphatic rings. The van der Waals surface area contributed by atoms with Gasteiger partial charge in [-0.2, -0.15) is 0 Å². The van der Waals surface area contributed by atoms with E-state index in [9.17, 15) is 19.5 Å². The summed E-state index contributed by atoms with van der Waals surface area (Å²) in [7, 11) is 3.10. The first kappa shape index (κ1) is 21.2. The minimum Gasteiger partial charge on any atom is -0.493 e. The first-order valence-electron chi connectivity index (χ1n) is 9.99. The molecule has 2 aromatic carbocycles. The molecule has 9 nitrogen and oxygen atoms in total. The molecule has 166 valence electrons. The van der Waals surface area contributed by atoms with Crippen LogP contribution >= 0.6 is 0 Å². The fourth-order valence-corrected chi connectivity index (χ4v) is 3.77. The smallest absolute Gasteiger partial charge is 0.307 e. The lowest BCUT2D eigenvalue weighted by Crippen LogP contribution is -2.35. The van der Waals surface area contributed by atoms with Gasteiger partial charge in [-0.3, -0.25) is 14.4 Å². The van der Waals surface area contributed by atoms with Crippen LogP contribution in [0.3, 0.4) is 0 Å². The second-order valence-electron chi connectivity index (χ2n) is 7.28. The maximum atomic E-state index is 13.4. The van der Waals surface area contributed by atoms with Crippen molar-refractivity contribution in [1.29, 1.82) is 0 Å². The fraction of sp³-hybridized carbons (Fsp3) is 0.261. The second kappa shape index (κ2) is 8.26. The fourth-order valence-electron chi connectivity index (χ4n) is 3.77. The minimum absolute atomic E-state index is 0.0639. The average molecular weight is 438 g/mol. The molecule has 2 N–H and O–H groups in total. The van der Waals surface area contributed by atoms with Gasteiger partial charge >= 0.3 is 5.97 Å². The molecule has 0 atom stereocenters. The van der Waals surface area contributed by atoms with Crippen molar-refractivity contribution >= 4 is 34.3 Å². The zero-order chi connectivity index (χ0) is 23.0. The van der Waals surface area contributed by atoms with Crippen LogP contribution < -0.4 is 19.1 Å². The number of anilines is 1. The van der Waals surface area contributed by atoms with Gasteiger partial charge in [0.25, 0.3) is 5.91 Å². The predicted octanol–water partition coefficient (Wildman–Crippen LogP) is 2.79. The number of ketones is 1. The molecule has 0 radical (unpaired) electrons. The Balaban J connectivity index is 1.85. The third-order valence-corrected chi connectivity index (χ3v) is 5.35. The molecule has 1 amide bonds. The highest BCUT2D eigenvalue weighted by atomic mass is 16.5. The van der Waals surface area contributed by atoms with Crippen molar-refractivity contribution in [3.8, 4) is 17.2 Å². The summed E-state index contributed by atoms with van der Waals surface area (Å²) < 4.78 is 16.4. The summed E-state index contributed by atoms with van der Waals surface area (Å²) in [5.74, 6) is -0.279. The topological polar surface area (TPSA) is 118 Å². The Labute approximate surface area is 183 Å². The van der Waals surface area contributed by atoms with Crippen molar-refractivity contribution in [1.82, 2.24) is 4.98 Å². The van der Waals surface area contributed by atoms with E-state index < -0.39 is 11.8 Å². The van der Waals surface area contributed by atoms with Crippen LogP contribution in [0.5, 0.6) is 17.2 Å². The number of nitrogens with one attached hydrogen (secondary N) is 1. The van der Waals surface area contributed by atoms with E-state index in [2.05, 4.69) is 4.98 Å². The molecule has 9 heteroatoms. The van der Waals surface area contributed by atoms with Gasteiger partial charge in [-0.25, -0.2) is 0 Å². The monoisotopic (exact) mass is 438 g/mol. The molecule has 0 bridgehead atoms. The third-order valence-electron chi connectivity index (χ3n) is 5.35. The van der Waals surface area contributed by atoms with Gasteiger partial charge in [-0.15, -0.1) is 0 Å². The number of fused-ring (bicyclic) bond motifs is 2. The summed E-state index contributed by atoms with van der Waals surface area (Å²) in [4.78, 5) is 41.5. The van der Waals surface area contributed by atoms with E-state index in [4.69, 9.17) is 14.2 Å². The Bertz CT molecular complexity index is 1240. The zero-order valence-corrected chi connectivity index (χ0v) is 17.9. The van der Waals surface area contributed by atoms with Gasteiger partial charge in [-0.05, 0) is 31.2 Å². The number of aromatic nitrogens is 1. The Hall–Kier alpha value is -4.01. The summed E-state index contributed by atoms with van der Waals surface area (Å²) in [5, 5.41) is 10.0. The van der Waals surface area contributed by atoms with Crippen LogP contribution in [0.2, 0.25) is 0 Å². The van der Waals surface area contributed by atoms with Gasteiger partial charge in [0.15, 0.2) is 18.1 Å². The van der Waals surface area contributed by atoms with Crippen LogP contribution in [0.25, 0.3) is 10.9 Å². The lowest BCUT2D eigenvalue weighted by Gasteiger charge is -2.26. The molecule has 3 aromatic rings. The highest BCUT2D eigenvalue weighted by Crippen LogP contribution is 2.37. The molecule has 0 unspecified atom stereocenters. The van der Waals surface area contributed by atoms with Crippen LogP contribution in [0, 0.1) is 0 Å². The number of carboxylic acids is 1. The molecule has 1 aliphatic heterocycles. The molecule has 0 fully saturated rings. The number of benzene rings is 2. The van der Waals surface area contributed by atoms with E-state index in [-0.39, 0.29) is 24.6 Å². The zero-order valence-electron chi connectivity index (χ0n) is 17.9. The number of ether oxygens (including phenoxy) is 3. The van der Waals surface area contributed by atoms with E-state index in [0.29, 0.717) is 51.6 Å². The van der Waals surface area contributed by atoms with Crippen LogP contribution in [0.1, 0.15) is 28.5 Å². The molecule has 32 heavy (non-hydrogen) atoms. The van der Waals surface area contributed by atoms with Gasteiger partial charge < -0.3 is 29.2 Å². The van der Waals surface area contributed by atoms with Crippen molar-refractivity contribution < 1.29 is 33.7 Å². The molecule has 4 rings (SSSR count). The number of carboxylic acid groups (broad SMARTS) is 1. The number of likely N-dealkylation sites (N-methyl/N-ethyl adjacent to an activating group) is 1. The Kier molecular flexibility index (Phi) is 5.48. The van der Waals surface area contributed by atoms with Gasteiger partial charge in [0.1, 0.15) is 5.75 Å². The number of methoxy groups -OCH3 is 1. The molecular weight excluding hydrogens is 416 g/mol. The SMILES string of the molecule is CCOc1cc2[nH]c(C(=O)c3ccc4c(c3)N(C)C(=O)CO4)c(CC(=O)O)c2cc1OC. The van der Waals surface area contributed by atoms with Gasteiger partial charge in [0.2, 0.25) is 5.78 Å². The van der Waals surface area contributed by atoms with E-state index in [0.717, 1.165) is 0 Å². The van der Waals surface area contributed by atoms with Crippen LogP contribution in [-0.4, -0.2) is 55.1 Å². The van der Waals surface area contributed by atoms with Crippen molar-refractivity contribution in [2.45, 2.75) is 13.3 Å². The average Bonchev–Trinajstić information content (AvgIpc) is 3.11. The summed E-state index contributed by atoms with van der Waals surface area (Å²) >= 11 is 0. The number of rotatable bonds is 7. The molecular formula is C23H22N2O7. The number of carbonyl (C=O) groups excluding carboxylic acids is 2. The van der Waals surface area contributed by atoms with Gasteiger partial charge in [-0.1, -0.05) is 0 Å². The number of H-pyrrole nitrogens is 1. The molecule has 0 saturated heterocycles. The molecule has 2 heterocycles. The van der Waals surface area contributed by atoms with E-state index in [1.807, 2.05) is 6.92 Å². The lowest BCUT2D eigenvalue weighted by molar-refractivity contribution is -0.136. The summed E-state index contributed by atoms with van der Waals surface area (Å²) in [5.41, 5.74) is 1.83. The molecule has 0 aliphatic carbocycles. The van der Waals surface area contributed by atoms with Crippen molar-refractivity contribution in [3.63, 3.8) is 0 Å². The molecule has 0 spiro atoms. The number of hydrogen-bond acceptors (Lipinski definition) is 6. The Morgan fingerprint density at radius 1 is 1.22 bits per heavy atom. The quantitative estimate of drug-likeness (QED) is 0.545. The second-order valence-corrected chi connectivity index (χ2v) is 7.28. The predicted molar refractivity (Wildman–Crippen MR) is 116 cm³/mol. The van der Waals surface area contributed by atoms with Crippen LogP contribution in [0.15, 0.2) is 30.3 Å². The number of nitrogens with zero attached hydrogens (tertiary/aromatic N) is 1. The maximum Gasteiger partial charge on any atom is 0.307 e. The van der Waals surface area contributed by atoms with Crippen molar-refractivity contribution in [2.75, 3.05) is 32.3 Å². The highest BCUT2D eigenvalue weighted by molar-refractivity contribution is 6.13. The maximum absolute atomic E-state index is 13.4. The number of aromatic amines is 1. The summed E-state index contributed by atoms with van der Waals surface area (Å²) in [6.45, 7) is 2.19. The first-order chi connectivity index (χ1) is 15.3. The normalized spacial score (nSPS) is 13.0. The summed E-state index contributed by atoms with van der Waals surface area (Å²) in [6.07, 6.45) is -0.356. The number of carbonyl (C=O) groups is 3. The largest absolute Gasteiger partial charge is 0.493 e. The van der Waals surface area contributed by atoms with E-state index in [1.54, 1.807) is 37.4 Å². The van der Waals surface area contributed by atoms with Crippen LogP contribution in [0.4, 0.5) is 5.69 Å². The molecule has 0 saturated carbocycles. The van der Waals surface area contributed by atoms with Gasteiger partial charge in [0.05, 0.1) is 37.0 Å². The van der Waals surface area contributed by atoms with Gasteiger partial charge in [0, 0.05) is 29.6 Å². The standard InChI is InChI=1S/C23H22N2O7/c1-4-31-19-10-15-13(8-18(19)30-3)14(9-21(27)28)22(24-15)23(29)12-5-6-17-16(7-12)25(2)20(26)11-32-17/h5-8,10,24H,4,9,11H2,1-3H3,(H,27,28). The number of aliphatic carboxylic acids is 1. The van der Waals surface area contributed by atoms with E-state index in [1.165, 1.54) is 12.0 Å². The van der Waals surface area contributed by atoms with Crippen LogP contribution in [-0.2, 0) is 16.0 Å². The third kappa shape index (κ3) is 3.62. The Morgan fingerprint density at radius 2 is 2.00 bits per heavy atom. The number of amides is 1. The first-order valence-corrected chi connectivity index (χ1v) is 9.99. The summed E-state index contributed by atoms with van der Waals surface area (Å²) in [6, 6.07) is 8.14. The Morgan fingerprint density at radius 3 is 2.69 bits per heavy atom.